The molecule has 0 aliphatic rings. The molecule has 2 aromatic rings. The van der Waals surface area contributed by atoms with Gasteiger partial charge in [-0.3, -0.25) is 14.4 Å². The highest BCUT2D eigenvalue weighted by molar-refractivity contribution is 5.98. The lowest BCUT2D eigenvalue weighted by atomic mass is 10.1. The van der Waals surface area contributed by atoms with Gasteiger partial charge in [-0.2, -0.15) is 0 Å². The van der Waals surface area contributed by atoms with Crippen molar-refractivity contribution in [2.45, 2.75) is 6.54 Å². The van der Waals surface area contributed by atoms with Crippen molar-refractivity contribution in [2.75, 3.05) is 14.1 Å². The number of amides is 2. The fourth-order valence-electron chi connectivity index (χ4n) is 2.05. The molecular formula is C16H17N3O3. The minimum Gasteiger partial charge on any atom is -0.355 e. The zero-order valence-electron chi connectivity index (χ0n) is 12.4. The van der Waals surface area contributed by atoms with E-state index < -0.39 is 11.5 Å². The van der Waals surface area contributed by atoms with E-state index in [0.717, 1.165) is 5.56 Å². The third kappa shape index (κ3) is 3.41. The van der Waals surface area contributed by atoms with Crippen molar-refractivity contribution in [3.63, 3.8) is 0 Å². The highest BCUT2D eigenvalue weighted by Crippen LogP contribution is 2.07. The number of aromatic nitrogens is 1. The van der Waals surface area contributed by atoms with Gasteiger partial charge in [0.2, 0.25) is 0 Å². The Hall–Kier alpha value is -2.89. The number of rotatable bonds is 4. The SMILES string of the molecule is CNC(=O)c1c[nH]c(=O)c(C(=O)N(C)Cc2ccccc2)c1. The average molecular weight is 299 g/mol. The van der Waals surface area contributed by atoms with E-state index in [2.05, 4.69) is 10.3 Å². The lowest BCUT2D eigenvalue weighted by Crippen LogP contribution is -2.32. The number of hydrogen-bond acceptors (Lipinski definition) is 3. The summed E-state index contributed by atoms with van der Waals surface area (Å²) in [5.41, 5.74) is 0.618. The summed E-state index contributed by atoms with van der Waals surface area (Å²) in [4.78, 5) is 39.7. The fraction of sp³-hybridized carbons (Fsp3) is 0.188. The Labute approximate surface area is 127 Å². The summed E-state index contributed by atoms with van der Waals surface area (Å²) in [6.45, 7) is 0.378. The number of pyridine rings is 1. The van der Waals surface area contributed by atoms with E-state index in [1.807, 2.05) is 30.3 Å². The number of nitrogens with zero attached hydrogens (tertiary/aromatic N) is 1. The monoisotopic (exact) mass is 299 g/mol. The molecule has 2 amide bonds. The van der Waals surface area contributed by atoms with Gasteiger partial charge in [-0.15, -0.1) is 0 Å². The van der Waals surface area contributed by atoms with Crippen molar-refractivity contribution in [2.24, 2.45) is 0 Å². The third-order valence-electron chi connectivity index (χ3n) is 3.23. The zero-order valence-corrected chi connectivity index (χ0v) is 12.4. The molecule has 1 aromatic carbocycles. The molecule has 0 spiro atoms. The summed E-state index contributed by atoms with van der Waals surface area (Å²) < 4.78 is 0. The van der Waals surface area contributed by atoms with E-state index in [0.29, 0.717) is 6.54 Å². The number of benzene rings is 1. The first-order valence-corrected chi connectivity index (χ1v) is 6.77. The zero-order chi connectivity index (χ0) is 16.1. The van der Waals surface area contributed by atoms with E-state index in [4.69, 9.17) is 0 Å². The second kappa shape index (κ2) is 6.71. The summed E-state index contributed by atoms with van der Waals surface area (Å²) in [6, 6.07) is 10.8. The first-order valence-electron chi connectivity index (χ1n) is 6.77. The maximum atomic E-state index is 12.4. The van der Waals surface area contributed by atoms with Crippen LogP contribution in [0, 0.1) is 0 Å². The molecule has 0 radical (unpaired) electrons. The van der Waals surface area contributed by atoms with E-state index in [1.165, 1.54) is 24.2 Å². The predicted molar refractivity (Wildman–Crippen MR) is 82.7 cm³/mol. The maximum absolute atomic E-state index is 12.4. The minimum atomic E-state index is -0.516. The number of nitrogens with one attached hydrogen (secondary N) is 2. The van der Waals surface area contributed by atoms with Crippen LogP contribution in [0.2, 0.25) is 0 Å². The molecule has 0 aliphatic carbocycles. The molecule has 0 saturated heterocycles. The molecule has 6 heteroatoms. The highest BCUT2D eigenvalue weighted by atomic mass is 16.2. The Balaban J connectivity index is 2.25. The molecular weight excluding hydrogens is 282 g/mol. The predicted octanol–water partition coefficient (Wildman–Crippen LogP) is 1.01. The Morgan fingerprint density at radius 2 is 1.91 bits per heavy atom. The molecule has 1 aromatic heterocycles. The Kier molecular flexibility index (Phi) is 4.73. The second-order valence-corrected chi connectivity index (χ2v) is 4.86. The molecule has 22 heavy (non-hydrogen) atoms. The van der Waals surface area contributed by atoms with Crippen LogP contribution < -0.4 is 10.9 Å². The summed E-state index contributed by atoms with van der Waals surface area (Å²) in [5.74, 6) is -0.799. The van der Waals surface area contributed by atoms with Crippen molar-refractivity contribution in [3.05, 3.63) is 69.6 Å². The van der Waals surface area contributed by atoms with Crippen molar-refractivity contribution in [3.8, 4) is 0 Å². The van der Waals surface area contributed by atoms with Gasteiger partial charge in [0.25, 0.3) is 17.4 Å². The van der Waals surface area contributed by atoms with Crippen LogP contribution in [0.3, 0.4) is 0 Å². The molecule has 0 fully saturated rings. The minimum absolute atomic E-state index is 0.0560. The van der Waals surface area contributed by atoms with Gasteiger partial charge < -0.3 is 15.2 Å². The summed E-state index contributed by atoms with van der Waals surface area (Å²) in [7, 11) is 3.10. The average Bonchev–Trinajstić information content (AvgIpc) is 2.54. The smallest absolute Gasteiger partial charge is 0.260 e. The van der Waals surface area contributed by atoms with Crippen molar-refractivity contribution >= 4 is 11.8 Å². The number of carbonyl (C=O) groups is 2. The molecule has 6 nitrogen and oxygen atoms in total. The number of carbonyl (C=O) groups excluding carboxylic acids is 2. The maximum Gasteiger partial charge on any atom is 0.260 e. The molecule has 0 atom stereocenters. The number of aromatic amines is 1. The topological polar surface area (TPSA) is 82.3 Å². The standard InChI is InChI=1S/C16H17N3O3/c1-17-14(20)12-8-13(15(21)18-9-12)16(22)19(2)10-11-6-4-3-5-7-11/h3-9H,10H2,1-2H3,(H,17,20)(H,18,21). The van der Waals surface area contributed by atoms with Gasteiger partial charge >= 0.3 is 0 Å². The van der Waals surface area contributed by atoms with Gasteiger partial charge in [-0.05, 0) is 11.6 Å². The van der Waals surface area contributed by atoms with Crippen LogP contribution in [-0.2, 0) is 6.54 Å². The Morgan fingerprint density at radius 1 is 1.23 bits per heavy atom. The molecule has 0 unspecified atom stereocenters. The first-order chi connectivity index (χ1) is 10.5. The normalized spacial score (nSPS) is 10.1. The molecule has 1 heterocycles. The summed E-state index contributed by atoms with van der Waals surface area (Å²) >= 11 is 0. The van der Waals surface area contributed by atoms with E-state index >= 15 is 0 Å². The van der Waals surface area contributed by atoms with Crippen LogP contribution >= 0.6 is 0 Å². The van der Waals surface area contributed by atoms with Crippen molar-refractivity contribution < 1.29 is 9.59 Å². The lowest BCUT2D eigenvalue weighted by Gasteiger charge is -2.17. The molecule has 2 rings (SSSR count). The van der Waals surface area contributed by atoms with Gasteiger partial charge in [-0.1, -0.05) is 30.3 Å². The van der Waals surface area contributed by atoms with Crippen LogP contribution in [0.1, 0.15) is 26.3 Å². The van der Waals surface area contributed by atoms with Crippen LogP contribution in [0.5, 0.6) is 0 Å². The lowest BCUT2D eigenvalue weighted by molar-refractivity contribution is 0.0783. The van der Waals surface area contributed by atoms with Crippen LogP contribution in [0.15, 0.2) is 47.4 Å². The summed E-state index contributed by atoms with van der Waals surface area (Å²) in [5, 5.41) is 2.45. The molecule has 2 N–H and O–H groups in total. The van der Waals surface area contributed by atoms with Crippen molar-refractivity contribution in [1.29, 1.82) is 0 Å². The second-order valence-electron chi connectivity index (χ2n) is 4.86. The third-order valence-corrected chi connectivity index (χ3v) is 3.23. The largest absolute Gasteiger partial charge is 0.355 e. The van der Waals surface area contributed by atoms with Crippen LogP contribution in [0.4, 0.5) is 0 Å². The van der Waals surface area contributed by atoms with Gasteiger partial charge in [0.1, 0.15) is 5.56 Å². The molecule has 0 aliphatic heterocycles. The van der Waals surface area contributed by atoms with E-state index in [-0.39, 0.29) is 17.0 Å². The van der Waals surface area contributed by atoms with Gasteiger partial charge in [0, 0.05) is 26.8 Å². The van der Waals surface area contributed by atoms with E-state index in [1.54, 1.807) is 7.05 Å². The number of H-pyrrole nitrogens is 1. The fourth-order valence-corrected chi connectivity index (χ4v) is 2.05. The molecule has 0 saturated carbocycles. The van der Waals surface area contributed by atoms with E-state index in [9.17, 15) is 14.4 Å². The Bertz CT molecular complexity index is 738. The highest BCUT2D eigenvalue weighted by Gasteiger charge is 2.17. The molecule has 114 valence electrons. The summed E-state index contributed by atoms with van der Waals surface area (Å²) in [6.07, 6.45) is 1.29. The van der Waals surface area contributed by atoms with Gasteiger partial charge in [-0.25, -0.2) is 0 Å². The van der Waals surface area contributed by atoms with Crippen LogP contribution in [0.25, 0.3) is 0 Å². The first kappa shape index (κ1) is 15.5. The quantitative estimate of drug-likeness (QED) is 0.884. The molecule has 0 bridgehead atoms. The van der Waals surface area contributed by atoms with Gasteiger partial charge in [0.15, 0.2) is 0 Å². The van der Waals surface area contributed by atoms with Crippen LogP contribution in [-0.4, -0.2) is 35.8 Å². The Morgan fingerprint density at radius 3 is 2.55 bits per heavy atom. The van der Waals surface area contributed by atoms with Crippen molar-refractivity contribution in [1.82, 2.24) is 15.2 Å². The van der Waals surface area contributed by atoms with Gasteiger partial charge in [0.05, 0.1) is 5.56 Å². The number of hydrogen-bond donors (Lipinski definition) is 2.